The highest BCUT2D eigenvalue weighted by Gasteiger charge is 2.19. The van der Waals surface area contributed by atoms with E-state index in [1.54, 1.807) is 0 Å². The SMILES string of the molecule is c1ccc(-c2ccc3sc4c(ccc5c4c4ccc(-c6cccc7ccccc67)cc4n5-c4ccccc4)c3c2)cc1. The van der Waals surface area contributed by atoms with Gasteiger partial charge in [-0.15, -0.1) is 11.3 Å². The van der Waals surface area contributed by atoms with E-state index < -0.39 is 0 Å². The van der Waals surface area contributed by atoms with Gasteiger partial charge in [0.05, 0.1) is 11.0 Å². The normalized spacial score (nSPS) is 11.8. The van der Waals surface area contributed by atoms with Crippen LogP contribution in [-0.2, 0) is 0 Å². The fraction of sp³-hybridized carbons (Fsp3) is 0. The molecular formula is C40H25NS. The Kier molecular flexibility index (Phi) is 5.13. The van der Waals surface area contributed by atoms with E-state index in [4.69, 9.17) is 0 Å². The van der Waals surface area contributed by atoms with Gasteiger partial charge >= 0.3 is 0 Å². The fourth-order valence-electron chi connectivity index (χ4n) is 6.64. The highest BCUT2D eigenvalue weighted by atomic mass is 32.1. The van der Waals surface area contributed by atoms with E-state index in [1.165, 1.54) is 80.7 Å². The van der Waals surface area contributed by atoms with E-state index in [2.05, 4.69) is 156 Å². The zero-order valence-corrected chi connectivity index (χ0v) is 23.6. The number of fused-ring (bicyclic) bond motifs is 8. The molecule has 2 heteroatoms. The maximum atomic E-state index is 2.44. The summed E-state index contributed by atoms with van der Waals surface area (Å²) < 4.78 is 5.12. The Balaban J connectivity index is 1.36. The topological polar surface area (TPSA) is 4.93 Å². The van der Waals surface area contributed by atoms with E-state index >= 15 is 0 Å². The second kappa shape index (κ2) is 9.17. The van der Waals surface area contributed by atoms with E-state index in [1.807, 2.05) is 11.3 Å². The van der Waals surface area contributed by atoms with E-state index in [-0.39, 0.29) is 0 Å². The number of para-hydroxylation sites is 1. The first-order valence-electron chi connectivity index (χ1n) is 14.4. The van der Waals surface area contributed by atoms with Gasteiger partial charge in [0.1, 0.15) is 0 Å². The van der Waals surface area contributed by atoms with Gasteiger partial charge in [0, 0.05) is 36.6 Å². The highest BCUT2D eigenvalue weighted by molar-refractivity contribution is 7.26. The molecule has 1 nitrogen and oxygen atoms in total. The summed E-state index contributed by atoms with van der Waals surface area (Å²) in [5.41, 5.74) is 8.67. The summed E-state index contributed by atoms with van der Waals surface area (Å²) in [6.45, 7) is 0. The Labute approximate surface area is 247 Å². The molecule has 0 saturated carbocycles. The summed E-state index contributed by atoms with van der Waals surface area (Å²) in [6, 6.07) is 55.3. The third-order valence-electron chi connectivity index (χ3n) is 8.59. The monoisotopic (exact) mass is 551 g/mol. The van der Waals surface area contributed by atoms with Crippen molar-refractivity contribution in [3.63, 3.8) is 0 Å². The van der Waals surface area contributed by atoms with Crippen molar-refractivity contribution in [1.82, 2.24) is 4.57 Å². The van der Waals surface area contributed by atoms with Crippen molar-refractivity contribution in [2.24, 2.45) is 0 Å². The van der Waals surface area contributed by atoms with Crippen LogP contribution >= 0.6 is 11.3 Å². The second-order valence-electron chi connectivity index (χ2n) is 10.9. The fourth-order valence-corrected chi connectivity index (χ4v) is 7.88. The number of hydrogen-bond donors (Lipinski definition) is 0. The van der Waals surface area contributed by atoms with Crippen LogP contribution in [0.2, 0.25) is 0 Å². The van der Waals surface area contributed by atoms with Gasteiger partial charge in [-0.05, 0) is 69.4 Å². The average Bonchev–Trinajstić information content (AvgIpc) is 3.60. The molecule has 0 N–H and O–H groups in total. The third-order valence-corrected chi connectivity index (χ3v) is 9.79. The molecule has 0 unspecified atom stereocenters. The van der Waals surface area contributed by atoms with E-state index in [0.29, 0.717) is 0 Å². The molecule has 0 aliphatic carbocycles. The number of hydrogen-bond acceptors (Lipinski definition) is 1. The number of thiophene rings is 1. The summed E-state index contributed by atoms with van der Waals surface area (Å²) >= 11 is 1.91. The maximum Gasteiger partial charge on any atom is 0.0555 e. The Bertz CT molecular complexity index is 2440. The summed E-state index contributed by atoms with van der Waals surface area (Å²) in [5, 5.41) is 7.82. The maximum absolute atomic E-state index is 2.44. The molecule has 0 fully saturated rings. The molecule has 2 heterocycles. The lowest BCUT2D eigenvalue weighted by atomic mass is 9.97. The van der Waals surface area contributed by atoms with E-state index in [9.17, 15) is 0 Å². The van der Waals surface area contributed by atoms with Crippen LogP contribution in [-0.4, -0.2) is 4.57 Å². The first-order valence-corrected chi connectivity index (χ1v) is 15.2. The van der Waals surface area contributed by atoms with Crippen LogP contribution in [0.15, 0.2) is 152 Å². The van der Waals surface area contributed by atoms with Gasteiger partial charge in [0.2, 0.25) is 0 Å². The van der Waals surface area contributed by atoms with Crippen LogP contribution in [0.5, 0.6) is 0 Å². The van der Waals surface area contributed by atoms with Crippen molar-refractivity contribution >= 4 is 64.1 Å². The van der Waals surface area contributed by atoms with Gasteiger partial charge in [-0.2, -0.15) is 0 Å². The predicted octanol–water partition coefficient (Wildman–Crippen LogP) is 11.6. The summed E-state index contributed by atoms with van der Waals surface area (Å²) in [7, 11) is 0. The second-order valence-corrected chi connectivity index (χ2v) is 12.0. The minimum atomic E-state index is 1.18. The van der Waals surface area contributed by atoms with Gasteiger partial charge in [0.15, 0.2) is 0 Å². The molecule has 2 aromatic heterocycles. The smallest absolute Gasteiger partial charge is 0.0555 e. The lowest BCUT2D eigenvalue weighted by Crippen LogP contribution is -1.93. The van der Waals surface area contributed by atoms with Crippen molar-refractivity contribution in [3.8, 4) is 27.9 Å². The molecule has 0 atom stereocenters. The summed E-state index contributed by atoms with van der Waals surface area (Å²) in [4.78, 5) is 0. The van der Waals surface area contributed by atoms with Gasteiger partial charge in [-0.25, -0.2) is 0 Å². The van der Waals surface area contributed by atoms with Crippen LogP contribution in [0, 0.1) is 0 Å². The van der Waals surface area contributed by atoms with Crippen molar-refractivity contribution in [3.05, 3.63) is 152 Å². The first kappa shape index (κ1) is 23.5. The van der Waals surface area contributed by atoms with Crippen LogP contribution in [0.25, 0.3) is 80.7 Å². The zero-order valence-electron chi connectivity index (χ0n) is 22.8. The predicted molar refractivity (Wildman–Crippen MR) is 182 cm³/mol. The number of nitrogens with zero attached hydrogens (tertiary/aromatic N) is 1. The summed E-state index contributed by atoms with van der Waals surface area (Å²) in [6.07, 6.45) is 0. The van der Waals surface area contributed by atoms with Crippen LogP contribution in [0.4, 0.5) is 0 Å². The molecule has 0 spiro atoms. The lowest BCUT2D eigenvalue weighted by molar-refractivity contribution is 1.18. The molecule has 42 heavy (non-hydrogen) atoms. The van der Waals surface area contributed by atoms with Crippen LogP contribution < -0.4 is 0 Å². The molecule has 0 amide bonds. The third kappa shape index (κ3) is 3.49. The Morgan fingerprint density at radius 2 is 1.17 bits per heavy atom. The molecule has 0 saturated heterocycles. The molecule has 9 rings (SSSR count). The standard InChI is InChI=1S/C40H25NS/c1-3-10-26(11-4-1)28-19-23-38-35(24-28)33-21-22-36-39(40(33)42-38)34-20-18-29(25-37(34)41(36)30-14-5-2-6-15-30)32-17-9-13-27-12-7-8-16-31(27)32/h1-25H. The van der Waals surface area contributed by atoms with Crippen LogP contribution in [0.1, 0.15) is 0 Å². The van der Waals surface area contributed by atoms with Crippen molar-refractivity contribution in [1.29, 1.82) is 0 Å². The molecule has 0 aliphatic heterocycles. The zero-order chi connectivity index (χ0) is 27.6. The van der Waals surface area contributed by atoms with Gasteiger partial charge in [0.25, 0.3) is 0 Å². The molecular weight excluding hydrogens is 527 g/mol. The average molecular weight is 552 g/mol. The first-order chi connectivity index (χ1) is 20.8. The Morgan fingerprint density at radius 3 is 2.05 bits per heavy atom. The Hall–Kier alpha value is -5.18. The molecule has 7 aromatic carbocycles. The van der Waals surface area contributed by atoms with E-state index in [0.717, 1.165) is 0 Å². The van der Waals surface area contributed by atoms with Gasteiger partial charge in [-0.3, -0.25) is 0 Å². The number of rotatable bonds is 3. The minimum Gasteiger partial charge on any atom is -0.309 e. The molecule has 0 radical (unpaired) electrons. The summed E-state index contributed by atoms with van der Waals surface area (Å²) in [5.74, 6) is 0. The Morgan fingerprint density at radius 1 is 0.429 bits per heavy atom. The minimum absolute atomic E-state index is 1.18. The van der Waals surface area contributed by atoms with Crippen LogP contribution in [0.3, 0.4) is 0 Å². The highest BCUT2D eigenvalue weighted by Crippen LogP contribution is 2.45. The van der Waals surface area contributed by atoms with Crippen molar-refractivity contribution in [2.75, 3.05) is 0 Å². The lowest BCUT2D eigenvalue weighted by Gasteiger charge is -2.10. The largest absolute Gasteiger partial charge is 0.309 e. The molecule has 0 bridgehead atoms. The van der Waals surface area contributed by atoms with Crippen molar-refractivity contribution < 1.29 is 0 Å². The van der Waals surface area contributed by atoms with Gasteiger partial charge in [-0.1, -0.05) is 115 Å². The molecule has 0 aliphatic rings. The van der Waals surface area contributed by atoms with Gasteiger partial charge < -0.3 is 4.57 Å². The number of aromatic nitrogens is 1. The number of benzene rings is 7. The molecule has 196 valence electrons. The quantitative estimate of drug-likeness (QED) is 0.206. The molecule has 9 aromatic rings. The van der Waals surface area contributed by atoms with Crippen molar-refractivity contribution in [2.45, 2.75) is 0 Å².